The van der Waals surface area contributed by atoms with Crippen molar-refractivity contribution in [3.05, 3.63) is 0 Å². The van der Waals surface area contributed by atoms with Crippen LogP contribution in [-0.4, -0.2) is 75.4 Å². The molecule has 0 saturated heterocycles. The molecule has 0 aromatic rings. The van der Waals surface area contributed by atoms with Gasteiger partial charge >= 0.3 is 7.82 Å². The summed E-state index contributed by atoms with van der Waals surface area (Å²) in [5.41, 5.74) is 0. The molecule has 9 heteroatoms. The van der Waals surface area contributed by atoms with Gasteiger partial charge in [-0.25, -0.2) is 4.57 Å². The highest BCUT2D eigenvalue weighted by Gasteiger charge is 2.25. The monoisotopic (exact) mass is 439 g/mol. The number of ether oxygens (including phenoxy) is 1. The number of nitrogens with one attached hydrogen (secondary N) is 1. The molecule has 0 aromatic heterocycles. The van der Waals surface area contributed by atoms with E-state index in [0.29, 0.717) is 24.1 Å². The number of unbranched alkanes of at least 4 members (excludes halogenated alkanes) is 6. The maximum Gasteiger partial charge on any atom is 0.472 e. The van der Waals surface area contributed by atoms with Crippen molar-refractivity contribution in [1.82, 2.24) is 5.32 Å². The molecule has 29 heavy (non-hydrogen) atoms. The number of nitrogens with zero attached hydrogens (tertiary/aromatic N) is 1. The van der Waals surface area contributed by atoms with Gasteiger partial charge in [0.05, 0.1) is 33.9 Å². The molecular formula is C20H44N2O6P+. The molecule has 0 saturated carbocycles. The van der Waals surface area contributed by atoms with Crippen molar-refractivity contribution in [2.75, 3.05) is 54.1 Å². The zero-order chi connectivity index (χ0) is 22.2. The molecule has 2 unspecified atom stereocenters. The van der Waals surface area contributed by atoms with E-state index in [9.17, 15) is 14.3 Å². The lowest BCUT2D eigenvalue weighted by Crippen LogP contribution is -2.37. The Morgan fingerprint density at radius 3 is 2.24 bits per heavy atom. The molecule has 0 aromatic carbocycles. The largest absolute Gasteiger partial charge is 0.472 e. The average Bonchev–Trinajstić information content (AvgIpc) is 2.62. The van der Waals surface area contributed by atoms with Gasteiger partial charge in [0.2, 0.25) is 5.91 Å². The lowest BCUT2D eigenvalue weighted by Gasteiger charge is -2.24. The topological polar surface area (TPSA) is 94.1 Å². The Hall–Kier alpha value is -0.500. The van der Waals surface area contributed by atoms with Crippen LogP contribution in [0.25, 0.3) is 0 Å². The van der Waals surface area contributed by atoms with Crippen LogP contribution in [0, 0.1) is 0 Å². The van der Waals surface area contributed by atoms with Gasteiger partial charge in [-0.15, -0.1) is 0 Å². The third-order valence-corrected chi connectivity index (χ3v) is 5.36. The molecule has 0 aliphatic rings. The summed E-state index contributed by atoms with van der Waals surface area (Å²) in [5.74, 6) is -0.0327. The van der Waals surface area contributed by atoms with E-state index in [-0.39, 0.29) is 25.7 Å². The van der Waals surface area contributed by atoms with Crippen LogP contribution in [0.5, 0.6) is 0 Å². The zero-order valence-corrected chi connectivity index (χ0v) is 20.0. The number of phosphoric acid groups is 1. The van der Waals surface area contributed by atoms with E-state index < -0.39 is 13.9 Å². The van der Waals surface area contributed by atoms with Gasteiger partial charge in [0.1, 0.15) is 13.2 Å². The first-order valence-corrected chi connectivity index (χ1v) is 12.4. The van der Waals surface area contributed by atoms with Crippen molar-refractivity contribution in [3.63, 3.8) is 0 Å². The molecule has 0 radical (unpaired) electrons. The van der Waals surface area contributed by atoms with E-state index >= 15 is 0 Å². The zero-order valence-electron chi connectivity index (χ0n) is 19.2. The average molecular weight is 440 g/mol. The second kappa shape index (κ2) is 16.2. The minimum absolute atomic E-state index is 0.0327. The minimum atomic E-state index is -4.14. The predicted octanol–water partition coefficient (Wildman–Crippen LogP) is 3.49. The van der Waals surface area contributed by atoms with Gasteiger partial charge in [-0.1, -0.05) is 45.4 Å². The second-order valence-corrected chi connectivity index (χ2v) is 9.82. The van der Waals surface area contributed by atoms with E-state index in [4.69, 9.17) is 13.8 Å². The van der Waals surface area contributed by atoms with Crippen molar-refractivity contribution >= 4 is 13.7 Å². The van der Waals surface area contributed by atoms with Crippen LogP contribution >= 0.6 is 7.82 Å². The maximum absolute atomic E-state index is 12.0. The summed E-state index contributed by atoms with van der Waals surface area (Å²) >= 11 is 0. The van der Waals surface area contributed by atoms with E-state index in [1.807, 2.05) is 28.1 Å². The van der Waals surface area contributed by atoms with E-state index in [1.54, 1.807) is 0 Å². The second-order valence-electron chi connectivity index (χ2n) is 8.36. The fraction of sp³-hybridized carbons (Fsp3) is 0.950. The smallest absolute Gasteiger partial charge is 0.374 e. The first-order valence-electron chi connectivity index (χ1n) is 10.9. The first-order chi connectivity index (χ1) is 13.6. The number of amides is 1. The standard InChI is InChI=1S/C20H43N2O6P/c1-6-8-9-10-11-12-13-14-20(23)21-17-19(26-7-2)18-28-29(24,25)27-16-15-22(3,4)5/h19H,6-18H2,1-5H3,(H-,21,23,24,25)/p+1. The molecule has 0 spiro atoms. The van der Waals surface area contributed by atoms with Gasteiger partial charge in [-0.2, -0.15) is 0 Å². The van der Waals surface area contributed by atoms with Crippen LogP contribution in [0.4, 0.5) is 0 Å². The fourth-order valence-corrected chi connectivity index (χ4v) is 3.35. The summed E-state index contributed by atoms with van der Waals surface area (Å²) in [7, 11) is 1.76. The number of hydrogen-bond acceptors (Lipinski definition) is 5. The van der Waals surface area contributed by atoms with Gasteiger partial charge in [0, 0.05) is 19.6 Å². The lowest BCUT2D eigenvalue weighted by atomic mass is 10.1. The molecule has 0 aliphatic heterocycles. The Bertz CT molecular complexity index is 470. The van der Waals surface area contributed by atoms with Crippen molar-refractivity contribution in [3.8, 4) is 0 Å². The Balaban J connectivity index is 4.05. The van der Waals surface area contributed by atoms with Crippen LogP contribution in [0.3, 0.4) is 0 Å². The van der Waals surface area contributed by atoms with Crippen LogP contribution in [0.2, 0.25) is 0 Å². The van der Waals surface area contributed by atoms with Crippen molar-refractivity contribution in [1.29, 1.82) is 0 Å². The molecule has 0 heterocycles. The molecular weight excluding hydrogens is 395 g/mol. The van der Waals surface area contributed by atoms with Gasteiger partial charge < -0.3 is 19.4 Å². The molecule has 0 fully saturated rings. The normalized spacial score (nSPS) is 15.1. The number of likely N-dealkylation sites (N-methyl/N-ethyl adjacent to an activating group) is 1. The molecule has 2 N–H and O–H groups in total. The van der Waals surface area contributed by atoms with E-state index in [1.165, 1.54) is 32.1 Å². The summed E-state index contributed by atoms with van der Waals surface area (Å²) in [5, 5.41) is 2.82. The maximum atomic E-state index is 12.0. The van der Waals surface area contributed by atoms with Gasteiger partial charge in [-0.05, 0) is 13.3 Å². The number of carbonyl (C=O) groups excluding carboxylic acids is 1. The molecule has 2 atom stereocenters. The summed E-state index contributed by atoms with van der Waals surface area (Å²) in [4.78, 5) is 21.8. The van der Waals surface area contributed by atoms with Crippen molar-refractivity contribution in [2.24, 2.45) is 0 Å². The van der Waals surface area contributed by atoms with Gasteiger partial charge in [0.15, 0.2) is 0 Å². The quantitative estimate of drug-likeness (QED) is 0.182. The van der Waals surface area contributed by atoms with Crippen LogP contribution < -0.4 is 5.32 Å². The summed E-state index contributed by atoms with van der Waals surface area (Å²) in [6.07, 6.45) is 8.12. The molecule has 8 nitrogen and oxygen atoms in total. The Labute approximate surface area is 177 Å². The Morgan fingerprint density at radius 2 is 1.66 bits per heavy atom. The first kappa shape index (κ1) is 28.5. The van der Waals surface area contributed by atoms with Crippen molar-refractivity contribution < 1.29 is 32.5 Å². The Kier molecular flexibility index (Phi) is 15.9. The van der Waals surface area contributed by atoms with E-state index in [0.717, 1.165) is 12.8 Å². The predicted molar refractivity (Wildman–Crippen MR) is 116 cm³/mol. The molecule has 0 bridgehead atoms. The minimum Gasteiger partial charge on any atom is -0.374 e. The number of hydrogen-bond donors (Lipinski definition) is 2. The van der Waals surface area contributed by atoms with E-state index in [2.05, 4.69) is 12.2 Å². The number of rotatable bonds is 19. The van der Waals surface area contributed by atoms with Crippen LogP contribution in [0.15, 0.2) is 0 Å². The SMILES string of the molecule is CCCCCCCCCC(=O)NCC(COP(=O)(O)OCC[N+](C)(C)C)OCC. The third-order valence-electron chi connectivity index (χ3n) is 4.38. The van der Waals surface area contributed by atoms with Crippen molar-refractivity contribution in [2.45, 2.75) is 71.3 Å². The highest BCUT2D eigenvalue weighted by molar-refractivity contribution is 7.47. The highest BCUT2D eigenvalue weighted by atomic mass is 31.2. The molecule has 0 aliphatic carbocycles. The van der Waals surface area contributed by atoms with Crippen LogP contribution in [0.1, 0.15) is 65.2 Å². The third kappa shape index (κ3) is 19.2. The lowest BCUT2D eigenvalue weighted by molar-refractivity contribution is -0.870. The fourth-order valence-electron chi connectivity index (χ4n) is 2.61. The van der Waals surface area contributed by atoms with Crippen LogP contribution in [-0.2, 0) is 23.1 Å². The number of phosphoric ester groups is 1. The molecule has 1 amide bonds. The summed E-state index contributed by atoms with van der Waals surface area (Å²) in [6, 6.07) is 0. The van der Waals surface area contributed by atoms with Gasteiger partial charge in [-0.3, -0.25) is 13.8 Å². The molecule has 174 valence electrons. The summed E-state index contributed by atoms with van der Waals surface area (Å²) < 4.78 is 28.1. The summed E-state index contributed by atoms with van der Waals surface area (Å²) in [6.45, 7) is 5.25. The van der Waals surface area contributed by atoms with Gasteiger partial charge in [0.25, 0.3) is 0 Å². The highest BCUT2D eigenvalue weighted by Crippen LogP contribution is 2.43. The number of quaternary nitrogens is 1. The molecule has 0 rings (SSSR count). The Morgan fingerprint density at radius 1 is 1.03 bits per heavy atom. The number of carbonyl (C=O) groups is 1.